The average molecular weight is 303 g/mol. The Morgan fingerprint density at radius 3 is 2.43 bits per heavy atom. The summed E-state index contributed by atoms with van der Waals surface area (Å²) in [6.45, 7) is 3.05. The zero-order valence-electron chi connectivity index (χ0n) is 13.2. The molecule has 0 saturated carbocycles. The number of aryl methyl sites for hydroxylation is 1. The van der Waals surface area contributed by atoms with Gasteiger partial charge in [-0.3, -0.25) is 0 Å². The van der Waals surface area contributed by atoms with Crippen LogP contribution in [0.1, 0.15) is 6.92 Å². The van der Waals surface area contributed by atoms with Gasteiger partial charge >= 0.3 is 0 Å². The van der Waals surface area contributed by atoms with Crippen LogP contribution in [0, 0.1) is 0 Å². The number of rotatable bonds is 3. The SMILES string of the molecule is CCn1cc2c(-c3ccc(OC)cc3)nnc-2c2ccccc21. The highest BCUT2D eigenvalue weighted by atomic mass is 16.5. The smallest absolute Gasteiger partial charge is 0.118 e. The van der Waals surface area contributed by atoms with Gasteiger partial charge in [-0.25, -0.2) is 0 Å². The van der Waals surface area contributed by atoms with Gasteiger partial charge in [0.2, 0.25) is 0 Å². The summed E-state index contributed by atoms with van der Waals surface area (Å²) in [6, 6.07) is 16.3. The first-order valence-corrected chi connectivity index (χ1v) is 7.70. The number of hydrogen-bond donors (Lipinski definition) is 0. The van der Waals surface area contributed by atoms with Gasteiger partial charge in [-0.05, 0) is 37.3 Å². The first-order valence-electron chi connectivity index (χ1n) is 7.70. The molecule has 2 aromatic carbocycles. The Balaban J connectivity index is 1.95. The molecule has 2 heterocycles. The van der Waals surface area contributed by atoms with E-state index in [2.05, 4.69) is 46.1 Å². The molecule has 0 N–H and O–H groups in total. The van der Waals surface area contributed by atoms with Gasteiger partial charge in [0.15, 0.2) is 0 Å². The molecule has 0 aliphatic carbocycles. The van der Waals surface area contributed by atoms with Gasteiger partial charge in [0.25, 0.3) is 0 Å². The molecule has 0 radical (unpaired) electrons. The van der Waals surface area contributed by atoms with Crippen molar-refractivity contribution in [2.45, 2.75) is 13.5 Å². The zero-order chi connectivity index (χ0) is 15.8. The van der Waals surface area contributed by atoms with E-state index >= 15 is 0 Å². The van der Waals surface area contributed by atoms with E-state index in [1.165, 1.54) is 5.52 Å². The normalized spacial score (nSPS) is 11.2. The fourth-order valence-corrected chi connectivity index (χ4v) is 3.01. The van der Waals surface area contributed by atoms with Crippen molar-refractivity contribution in [3.63, 3.8) is 0 Å². The maximum Gasteiger partial charge on any atom is 0.118 e. The molecule has 4 nitrogen and oxygen atoms in total. The number of methoxy groups -OCH3 is 1. The molecule has 4 rings (SSSR count). The van der Waals surface area contributed by atoms with Crippen LogP contribution in [-0.4, -0.2) is 21.9 Å². The lowest BCUT2D eigenvalue weighted by atomic mass is 10.0. The Hall–Kier alpha value is -2.88. The Morgan fingerprint density at radius 1 is 0.957 bits per heavy atom. The molecule has 2 aromatic rings. The summed E-state index contributed by atoms with van der Waals surface area (Å²) in [5.74, 6) is 0.839. The van der Waals surface area contributed by atoms with Crippen molar-refractivity contribution in [2.24, 2.45) is 0 Å². The van der Waals surface area contributed by atoms with Crippen LogP contribution in [0.5, 0.6) is 5.75 Å². The Morgan fingerprint density at radius 2 is 1.70 bits per heavy atom. The highest BCUT2D eigenvalue weighted by molar-refractivity contribution is 5.97. The van der Waals surface area contributed by atoms with Crippen LogP contribution < -0.4 is 4.74 Å². The van der Waals surface area contributed by atoms with Gasteiger partial charge in [-0.15, -0.1) is 10.2 Å². The van der Waals surface area contributed by atoms with E-state index in [9.17, 15) is 0 Å². The van der Waals surface area contributed by atoms with Crippen molar-refractivity contribution < 1.29 is 4.74 Å². The Labute approximate surface area is 134 Å². The number of hydrogen-bond acceptors (Lipinski definition) is 3. The minimum absolute atomic E-state index is 0.839. The van der Waals surface area contributed by atoms with Crippen molar-refractivity contribution in [3.05, 3.63) is 54.7 Å². The first kappa shape index (κ1) is 13.8. The molecule has 0 aromatic heterocycles. The monoisotopic (exact) mass is 303 g/mol. The van der Waals surface area contributed by atoms with E-state index in [1.807, 2.05) is 30.3 Å². The van der Waals surface area contributed by atoms with Crippen molar-refractivity contribution in [3.8, 4) is 28.3 Å². The summed E-state index contributed by atoms with van der Waals surface area (Å²) >= 11 is 0. The van der Waals surface area contributed by atoms with Gasteiger partial charge in [0.1, 0.15) is 17.1 Å². The Bertz CT molecular complexity index is 941. The molecule has 0 unspecified atom stereocenters. The lowest BCUT2D eigenvalue weighted by Gasteiger charge is -2.13. The fraction of sp³-hybridized carbons (Fsp3) is 0.158. The Kier molecular flexibility index (Phi) is 3.23. The van der Waals surface area contributed by atoms with Gasteiger partial charge in [-0.2, -0.15) is 0 Å². The number of nitrogens with zero attached hydrogens (tertiary/aromatic N) is 3. The number of pyridine rings is 1. The highest BCUT2D eigenvalue weighted by Gasteiger charge is 2.19. The summed E-state index contributed by atoms with van der Waals surface area (Å²) in [6.07, 6.45) is 2.15. The number of benzene rings is 2. The first-order chi connectivity index (χ1) is 11.3. The summed E-state index contributed by atoms with van der Waals surface area (Å²) < 4.78 is 7.47. The number of aromatic nitrogens is 3. The van der Waals surface area contributed by atoms with Crippen LogP contribution in [0.3, 0.4) is 0 Å². The van der Waals surface area contributed by atoms with Crippen LogP contribution in [-0.2, 0) is 6.54 Å². The molecule has 23 heavy (non-hydrogen) atoms. The molecule has 2 aliphatic rings. The van der Waals surface area contributed by atoms with Crippen molar-refractivity contribution in [1.29, 1.82) is 0 Å². The highest BCUT2D eigenvalue weighted by Crippen LogP contribution is 2.36. The van der Waals surface area contributed by atoms with Crippen molar-refractivity contribution >= 4 is 10.9 Å². The van der Waals surface area contributed by atoms with Gasteiger partial charge in [0, 0.05) is 29.3 Å². The molecule has 0 atom stereocenters. The molecular weight excluding hydrogens is 286 g/mol. The summed E-state index contributed by atoms with van der Waals surface area (Å²) in [5.41, 5.74) is 5.18. The van der Waals surface area contributed by atoms with Crippen LogP contribution in [0.15, 0.2) is 54.7 Å². The van der Waals surface area contributed by atoms with Crippen LogP contribution in [0.4, 0.5) is 0 Å². The second kappa shape index (κ2) is 5.39. The van der Waals surface area contributed by atoms with E-state index < -0.39 is 0 Å². The maximum atomic E-state index is 5.23. The third kappa shape index (κ3) is 2.14. The minimum atomic E-state index is 0.839. The largest absolute Gasteiger partial charge is 0.497 e. The third-order valence-electron chi connectivity index (χ3n) is 4.22. The van der Waals surface area contributed by atoms with E-state index in [1.54, 1.807) is 7.11 Å². The summed E-state index contributed by atoms with van der Waals surface area (Å²) in [4.78, 5) is 0. The minimum Gasteiger partial charge on any atom is -0.497 e. The molecular formula is C19H17N3O. The van der Waals surface area contributed by atoms with Crippen LogP contribution in [0.2, 0.25) is 0 Å². The third-order valence-corrected chi connectivity index (χ3v) is 4.22. The quantitative estimate of drug-likeness (QED) is 0.568. The fourth-order valence-electron chi connectivity index (χ4n) is 3.01. The number of para-hydroxylation sites is 1. The van der Waals surface area contributed by atoms with Gasteiger partial charge in [-0.1, -0.05) is 18.2 Å². The summed E-state index contributed by atoms with van der Waals surface area (Å²) in [7, 11) is 1.67. The van der Waals surface area contributed by atoms with Gasteiger partial charge in [0.05, 0.1) is 12.6 Å². The second-order valence-electron chi connectivity index (χ2n) is 5.47. The molecule has 0 fully saturated rings. The lowest BCUT2D eigenvalue weighted by Crippen LogP contribution is -2.00. The van der Waals surface area contributed by atoms with Gasteiger partial charge < -0.3 is 9.30 Å². The molecule has 4 heteroatoms. The van der Waals surface area contributed by atoms with Crippen LogP contribution >= 0.6 is 0 Å². The van der Waals surface area contributed by atoms with Crippen LogP contribution in [0.25, 0.3) is 33.4 Å². The predicted molar refractivity (Wildman–Crippen MR) is 91.8 cm³/mol. The van der Waals surface area contributed by atoms with Crippen molar-refractivity contribution in [2.75, 3.05) is 7.11 Å². The van der Waals surface area contributed by atoms with Crippen molar-refractivity contribution in [1.82, 2.24) is 14.8 Å². The van der Waals surface area contributed by atoms with E-state index in [0.717, 1.165) is 40.2 Å². The number of fused-ring (bicyclic) bond motifs is 3. The number of ether oxygens (including phenoxy) is 1. The topological polar surface area (TPSA) is 39.9 Å². The average Bonchev–Trinajstić information content (AvgIpc) is 3.05. The molecule has 0 spiro atoms. The molecule has 0 bridgehead atoms. The molecule has 2 aliphatic heterocycles. The maximum absolute atomic E-state index is 5.23. The molecule has 114 valence electrons. The summed E-state index contributed by atoms with van der Waals surface area (Å²) in [5, 5.41) is 10.0. The second-order valence-corrected chi connectivity index (χ2v) is 5.47. The van der Waals surface area contributed by atoms with E-state index in [0.29, 0.717) is 0 Å². The predicted octanol–water partition coefficient (Wildman–Crippen LogP) is 4.23. The van der Waals surface area contributed by atoms with E-state index in [-0.39, 0.29) is 0 Å². The zero-order valence-corrected chi connectivity index (χ0v) is 13.2. The van der Waals surface area contributed by atoms with E-state index in [4.69, 9.17) is 4.74 Å². The molecule has 0 saturated heterocycles. The lowest BCUT2D eigenvalue weighted by molar-refractivity contribution is 0.415. The molecule has 0 amide bonds. The standard InChI is InChI=1S/C19H17N3O/c1-3-22-12-16-18(13-8-10-14(23-2)11-9-13)20-21-19(16)15-6-4-5-7-17(15)22/h4-12H,3H2,1-2H3.